The molecule has 0 amide bonds. The molecule has 0 saturated heterocycles. The summed E-state index contributed by atoms with van der Waals surface area (Å²) in [5, 5.41) is 0.895. The van der Waals surface area contributed by atoms with Crippen molar-refractivity contribution in [3.8, 4) is 11.1 Å². The van der Waals surface area contributed by atoms with Crippen molar-refractivity contribution in [1.82, 2.24) is 0 Å². The van der Waals surface area contributed by atoms with E-state index in [1.54, 1.807) is 0 Å². The zero-order valence-corrected chi connectivity index (χ0v) is 13.1. The minimum absolute atomic E-state index is 0.0764. The molecule has 2 aromatic rings. The Morgan fingerprint density at radius 1 is 0.947 bits per heavy atom. The minimum Gasteiger partial charge on any atom is -0.0837 e. The second-order valence-corrected chi connectivity index (χ2v) is 6.60. The Labute approximate surface area is 121 Å². The SMILES string of the molecule is Cc1cccc(-c2ccc(C(C)(C)C)c(Cl)c2C)c1. The Hall–Kier alpha value is -1.27. The van der Waals surface area contributed by atoms with E-state index < -0.39 is 0 Å². The first-order valence-corrected chi connectivity index (χ1v) is 7.05. The van der Waals surface area contributed by atoms with Crippen molar-refractivity contribution in [3.63, 3.8) is 0 Å². The van der Waals surface area contributed by atoms with Gasteiger partial charge >= 0.3 is 0 Å². The predicted octanol–water partition coefficient (Wildman–Crippen LogP) is 5.92. The number of aryl methyl sites for hydroxylation is 1. The molecule has 100 valence electrons. The van der Waals surface area contributed by atoms with E-state index in [-0.39, 0.29) is 5.41 Å². The number of rotatable bonds is 1. The summed E-state index contributed by atoms with van der Waals surface area (Å²) in [7, 11) is 0. The fraction of sp³-hybridized carbons (Fsp3) is 0.333. The van der Waals surface area contributed by atoms with Crippen LogP contribution in [0, 0.1) is 13.8 Å². The lowest BCUT2D eigenvalue weighted by molar-refractivity contribution is 0.590. The highest BCUT2D eigenvalue weighted by molar-refractivity contribution is 6.32. The molecular weight excluding hydrogens is 252 g/mol. The third-order valence-corrected chi connectivity index (χ3v) is 4.01. The van der Waals surface area contributed by atoms with Crippen LogP contribution in [0.2, 0.25) is 5.02 Å². The van der Waals surface area contributed by atoms with Crippen LogP contribution in [0.25, 0.3) is 11.1 Å². The lowest BCUT2D eigenvalue weighted by Crippen LogP contribution is -2.12. The third-order valence-electron chi connectivity index (χ3n) is 3.52. The maximum atomic E-state index is 6.57. The summed E-state index contributed by atoms with van der Waals surface area (Å²) >= 11 is 6.57. The summed E-state index contributed by atoms with van der Waals surface area (Å²) in [6, 6.07) is 12.9. The molecule has 0 atom stereocenters. The fourth-order valence-electron chi connectivity index (χ4n) is 2.39. The first kappa shape index (κ1) is 14.1. The fourth-order valence-corrected chi connectivity index (χ4v) is 2.84. The molecule has 0 fully saturated rings. The van der Waals surface area contributed by atoms with Gasteiger partial charge in [0.15, 0.2) is 0 Å². The lowest BCUT2D eigenvalue weighted by atomic mass is 9.84. The molecule has 0 heterocycles. The highest BCUT2D eigenvalue weighted by atomic mass is 35.5. The molecule has 0 unspecified atom stereocenters. The molecule has 0 spiro atoms. The molecule has 1 heteroatoms. The second kappa shape index (κ2) is 5.02. The maximum absolute atomic E-state index is 6.57. The molecule has 19 heavy (non-hydrogen) atoms. The quantitative estimate of drug-likeness (QED) is 0.604. The van der Waals surface area contributed by atoms with Crippen LogP contribution in [0.15, 0.2) is 36.4 Å². The highest BCUT2D eigenvalue weighted by Crippen LogP contribution is 2.36. The van der Waals surface area contributed by atoms with Gasteiger partial charge in [0.25, 0.3) is 0 Å². The molecular formula is C18H21Cl. The molecule has 0 radical (unpaired) electrons. The van der Waals surface area contributed by atoms with Crippen LogP contribution in [-0.4, -0.2) is 0 Å². The number of benzene rings is 2. The van der Waals surface area contributed by atoms with Gasteiger partial charge in [0.1, 0.15) is 0 Å². The Morgan fingerprint density at radius 2 is 1.63 bits per heavy atom. The molecule has 0 aliphatic carbocycles. The smallest absolute Gasteiger partial charge is 0.0478 e. The molecule has 0 nitrogen and oxygen atoms in total. The van der Waals surface area contributed by atoms with Gasteiger partial charge in [-0.3, -0.25) is 0 Å². The summed E-state index contributed by atoms with van der Waals surface area (Å²) in [6.45, 7) is 10.8. The first-order chi connectivity index (χ1) is 8.80. The van der Waals surface area contributed by atoms with Gasteiger partial charge in [-0.25, -0.2) is 0 Å². The van der Waals surface area contributed by atoms with E-state index in [1.165, 1.54) is 27.8 Å². The monoisotopic (exact) mass is 272 g/mol. The van der Waals surface area contributed by atoms with Gasteiger partial charge in [0.2, 0.25) is 0 Å². The van der Waals surface area contributed by atoms with Crippen molar-refractivity contribution in [2.45, 2.75) is 40.0 Å². The molecule has 0 aromatic heterocycles. The molecule has 0 bridgehead atoms. The van der Waals surface area contributed by atoms with E-state index in [2.05, 4.69) is 71.0 Å². The lowest BCUT2D eigenvalue weighted by Gasteiger charge is -2.23. The van der Waals surface area contributed by atoms with Crippen molar-refractivity contribution in [2.24, 2.45) is 0 Å². The molecule has 0 aliphatic rings. The number of hydrogen-bond donors (Lipinski definition) is 0. The maximum Gasteiger partial charge on any atom is 0.0478 e. The van der Waals surface area contributed by atoms with Gasteiger partial charge in [0.05, 0.1) is 0 Å². The van der Waals surface area contributed by atoms with E-state index in [4.69, 9.17) is 11.6 Å². The van der Waals surface area contributed by atoms with Gasteiger partial charge in [0, 0.05) is 5.02 Å². The van der Waals surface area contributed by atoms with Crippen LogP contribution >= 0.6 is 11.6 Å². The predicted molar refractivity (Wildman–Crippen MR) is 85.1 cm³/mol. The van der Waals surface area contributed by atoms with Crippen molar-refractivity contribution < 1.29 is 0 Å². The van der Waals surface area contributed by atoms with E-state index in [9.17, 15) is 0 Å². The van der Waals surface area contributed by atoms with Crippen LogP contribution in [0.1, 0.15) is 37.5 Å². The Morgan fingerprint density at radius 3 is 2.21 bits per heavy atom. The van der Waals surface area contributed by atoms with E-state index in [1.807, 2.05) is 0 Å². The van der Waals surface area contributed by atoms with Crippen molar-refractivity contribution in [2.75, 3.05) is 0 Å². The molecule has 0 aliphatic heterocycles. The summed E-state index contributed by atoms with van der Waals surface area (Å²) in [5.74, 6) is 0. The van der Waals surface area contributed by atoms with Crippen LogP contribution < -0.4 is 0 Å². The Balaban J connectivity index is 2.60. The summed E-state index contributed by atoms with van der Waals surface area (Å²) in [4.78, 5) is 0. The molecule has 0 saturated carbocycles. The van der Waals surface area contributed by atoms with Crippen LogP contribution in [0.3, 0.4) is 0 Å². The van der Waals surface area contributed by atoms with E-state index >= 15 is 0 Å². The highest BCUT2D eigenvalue weighted by Gasteiger charge is 2.19. The Kier molecular flexibility index (Phi) is 3.73. The largest absolute Gasteiger partial charge is 0.0837 e. The van der Waals surface area contributed by atoms with Crippen LogP contribution in [0.4, 0.5) is 0 Å². The zero-order valence-electron chi connectivity index (χ0n) is 12.3. The molecule has 2 rings (SSSR count). The van der Waals surface area contributed by atoms with Gasteiger partial charge in [-0.15, -0.1) is 0 Å². The minimum atomic E-state index is 0.0764. The number of halogens is 1. The molecule has 2 aromatic carbocycles. The average molecular weight is 273 g/mol. The zero-order chi connectivity index (χ0) is 14.2. The second-order valence-electron chi connectivity index (χ2n) is 6.22. The standard InChI is InChI=1S/C18H21Cl/c1-12-7-6-8-14(11-12)15-9-10-16(18(3,4)5)17(19)13(15)2/h6-11H,1-5H3. The van der Waals surface area contributed by atoms with Crippen LogP contribution in [-0.2, 0) is 5.41 Å². The van der Waals surface area contributed by atoms with E-state index in [0.717, 1.165) is 5.02 Å². The van der Waals surface area contributed by atoms with Gasteiger partial charge < -0.3 is 0 Å². The summed E-state index contributed by atoms with van der Waals surface area (Å²) < 4.78 is 0. The van der Waals surface area contributed by atoms with Crippen LogP contribution in [0.5, 0.6) is 0 Å². The van der Waals surface area contributed by atoms with Gasteiger partial charge in [-0.2, -0.15) is 0 Å². The summed E-state index contributed by atoms with van der Waals surface area (Å²) in [5.41, 5.74) is 6.18. The Bertz CT molecular complexity index is 604. The third kappa shape index (κ3) is 2.84. The van der Waals surface area contributed by atoms with E-state index in [0.29, 0.717) is 0 Å². The normalized spacial score (nSPS) is 11.7. The number of hydrogen-bond acceptors (Lipinski definition) is 0. The van der Waals surface area contributed by atoms with Crippen molar-refractivity contribution in [3.05, 3.63) is 58.1 Å². The van der Waals surface area contributed by atoms with Crippen molar-refractivity contribution in [1.29, 1.82) is 0 Å². The topological polar surface area (TPSA) is 0 Å². The molecule has 0 N–H and O–H groups in total. The summed E-state index contributed by atoms with van der Waals surface area (Å²) in [6.07, 6.45) is 0. The van der Waals surface area contributed by atoms with Gasteiger partial charge in [-0.05, 0) is 41.5 Å². The first-order valence-electron chi connectivity index (χ1n) is 6.67. The van der Waals surface area contributed by atoms with Crippen molar-refractivity contribution >= 4 is 11.6 Å². The average Bonchev–Trinajstić information content (AvgIpc) is 2.31. The van der Waals surface area contributed by atoms with Gasteiger partial charge in [-0.1, -0.05) is 74.3 Å².